The van der Waals surface area contributed by atoms with Crippen molar-refractivity contribution >= 4 is 23.9 Å². The molecule has 9 nitrogen and oxygen atoms in total. The van der Waals surface area contributed by atoms with Gasteiger partial charge in [0.05, 0.1) is 26.4 Å². The minimum Gasteiger partial charge on any atom is -0.466 e. The Labute approximate surface area is 170 Å². The molecule has 1 unspecified atom stereocenters. The lowest BCUT2D eigenvalue weighted by molar-refractivity contribution is -0.153. The molecule has 1 atom stereocenters. The highest BCUT2D eigenvalue weighted by atomic mass is 16.6. The van der Waals surface area contributed by atoms with E-state index in [1.54, 1.807) is 0 Å². The molecule has 0 radical (unpaired) electrons. The van der Waals surface area contributed by atoms with E-state index in [2.05, 4.69) is 13.2 Å². The minimum atomic E-state index is -0.797. The molecule has 0 heterocycles. The summed E-state index contributed by atoms with van der Waals surface area (Å²) in [7, 11) is 0. The van der Waals surface area contributed by atoms with E-state index in [-0.39, 0.29) is 51.1 Å². The van der Waals surface area contributed by atoms with Gasteiger partial charge in [-0.3, -0.25) is 9.59 Å². The third kappa shape index (κ3) is 14.0. The van der Waals surface area contributed by atoms with Crippen molar-refractivity contribution in [2.45, 2.75) is 52.1 Å². The number of aliphatic hydroxyl groups is 1. The van der Waals surface area contributed by atoms with Crippen molar-refractivity contribution in [1.82, 2.24) is 0 Å². The van der Waals surface area contributed by atoms with Crippen molar-refractivity contribution in [3.8, 4) is 0 Å². The first-order valence-electron chi connectivity index (χ1n) is 9.28. The number of aliphatic hydroxyl groups excluding tert-OH is 1. The van der Waals surface area contributed by atoms with E-state index in [4.69, 9.17) is 18.9 Å². The van der Waals surface area contributed by atoms with Crippen molar-refractivity contribution in [2.24, 2.45) is 0 Å². The molecule has 164 valence electrons. The first-order chi connectivity index (χ1) is 13.7. The SMILES string of the molecule is C=C(C)C(=O)OCCCOC(=O)CCCC(=O)OC(CO)CCOC(=O)C(=C)C. The van der Waals surface area contributed by atoms with Crippen LogP contribution in [0.2, 0.25) is 0 Å². The highest BCUT2D eigenvalue weighted by Gasteiger charge is 2.15. The summed E-state index contributed by atoms with van der Waals surface area (Å²) in [6, 6.07) is 0. The monoisotopic (exact) mass is 414 g/mol. The average Bonchev–Trinajstić information content (AvgIpc) is 2.66. The lowest BCUT2D eigenvalue weighted by Gasteiger charge is -2.15. The van der Waals surface area contributed by atoms with Crippen LogP contribution in [0.5, 0.6) is 0 Å². The van der Waals surface area contributed by atoms with Gasteiger partial charge in [-0.05, 0) is 20.3 Å². The second kappa shape index (κ2) is 15.3. The molecular formula is C20H30O9. The van der Waals surface area contributed by atoms with Crippen LogP contribution in [0, 0.1) is 0 Å². The van der Waals surface area contributed by atoms with Crippen molar-refractivity contribution in [3.05, 3.63) is 24.3 Å². The molecule has 0 aliphatic carbocycles. The summed E-state index contributed by atoms with van der Waals surface area (Å²) in [5.41, 5.74) is 0.549. The van der Waals surface area contributed by atoms with Crippen LogP contribution in [0.25, 0.3) is 0 Å². The van der Waals surface area contributed by atoms with Gasteiger partial charge >= 0.3 is 23.9 Å². The molecule has 0 saturated carbocycles. The Morgan fingerprint density at radius 2 is 1.31 bits per heavy atom. The molecule has 29 heavy (non-hydrogen) atoms. The maximum Gasteiger partial charge on any atom is 0.333 e. The minimum absolute atomic E-state index is 0.0157. The first-order valence-corrected chi connectivity index (χ1v) is 9.28. The second-order valence-corrected chi connectivity index (χ2v) is 6.34. The maximum atomic E-state index is 11.8. The molecule has 0 spiro atoms. The molecule has 0 aromatic carbocycles. The molecule has 0 fully saturated rings. The molecule has 0 saturated heterocycles. The third-order valence-electron chi connectivity index (χ3n) is 3.42. The first kappa shape index (κ1) is 26.3. The summed E-state index contributed by atoms with van der Waals surface area (Å²) < 4.78 is 19.8. The van der Waals surface area contributed by atoms with Crippen LogP contribution in [0.1, 0.15) is 46.0 Å². The smallest absolute Gasteiger partial charge is 0.333 e. The van der Waals surface area contributed by atoms with Gasteiger partial charge in [0.1, 0.15) is 6.10 Å². The van der Waals surface area contributed by atoms with Gasteiger partial charge in [-0.1, -0.05) is 13.2 Å². The summed E-state index contributed by atoms with van der Waals surface area (Å²) in [4.78, 5) is 45.7. The number of esters is 4. The predicted molar refractivity (Wildman–Crippen MR) is 103 cm³/mol. The number of carbonyl (C=O) groups is 4. The fourth-order valence-electron chi connectivity index (χ4n) is 1.82. The molecule has 0 rings (SSSR count). The van der Waals surface area contributed by atoms with Gasteiger partial charge in [-0.2, -0.15) is 0 Å². The summed E-state index contributed by atoms with van der Waals surface area (Å²) in [6.07, 6.45) is -0.0476. The van der Waals surface area contributed by atoms with Crippen LogP contribution in [-0.4, -0.2) is 61.5 Å². The van der Waals surface area contributed by atoms with Crippen LogP contribution in [0.3, 0.4) is 0 Å². The van der Waals surface area contributed by atoms with E-state index in [0.717, 1.165) is 0 Å². The average molecular weight is 414 g/mol. The zero-order valence-corrected chi connectivity index (χ0v) is 17.1. The van der Waals surface area contributed by atoms with E-state index >= 15 is 0 Å². The van der Waals surface area contributed by atoms with Crippen LogP contribution >= 0.6 is 0 Å². The van der Waals surface area contributed by atoms with Crippen molar-refractivity contribution < 1.29 is 43.2 Å². The Balaban J connectivity index is 3.85. The molecule has 1 N–H and O–H groups in total. The standard InChI is InChI=1S/C20H30O9/c1-14(2)19(24)27-11-6-10-26-17(22)7-5-8-18(23)29-16(13-21)9-12-28-20(25)15(3)4/h16,21H,1,3,5-13H2,2,4H3. The zero-order chi connectivity index (χ0) is 22.2. The molecule has 0 bridgehead atoms. The third-order valence-corrected chi connectivity index (χ3v) is 3.42. The molecule has 9 heteroatoms. The Hall–Kier alpha value is -2.68. The predicted octanol–water partition coefficient (Wildman–Crippen LogP) is 1.62. The second-order valence-electron chi connectivity index (χ2n) is 6.34. The van der Waals surface area contributed by atoms with Crippen molar-refractivity contribution in [3.63, 3.8) is 0 Å². The summed E-state index contributed by atoms with van der Waals surface area (Å²) in [6.45, 7) is 9.73. The number of carbonyl (C=O) groups excluding carboxylic acids is 4. The lowest BCUT2D eigenvalue weighted by atomic mass is 10.2. The Bertz CT molecular complexity index is 595. The van der Waals surface area contributed by atoms with Gasteiger partial charge < -0.3 is 24.1 Å². The topological polar surface area (TPSA) is 125 Å². The Kier molecular flexibility index (Phi) is 13.9. The zero-order valence-electron chi connectivity index (χ0n) is 17.1. The van der Waals surface area contributed by atoms with Crippen LogP contribution in [0.4, 0.5) is 0 Å². The summed E-state index contributed by atoms with van der Waals surface area (Å²) in [5.74, 6) is -2.10. The molecular weight excluding hydrogens is 384 g/mol. The van der Waals surface area contributed by atoms with Gasteiger partial charge in [0.15, 0.2) is 0 Å². The maximum absolute atomic E-state index is 11.8. The van der Waals surface area contributed by atoms with Crippen LogP contribution in [-0.2, 0) is 38.1 Å². The molecule has 0 aromatic heterocycles. The Morgan fingerprint density at radius 1 is 0.793 bits per heavy atom. The fourth-order valence-corrected chi connectivity index (χ4v) is 1.82. The highest BCUT2D eigenvalue weighted by molar-refractivity contribution is 5.87. The lowest BCUT2D eigenvalue weighted by Crippen LogP contribution is -2.24. The van der Waals surface area contributed by atoms with E-state index in [9.17, 15) is 24.3 Å². The number of hydrogen-bond acceptors (Lipinski definition) is 9. The molecule has 0 aromatic rings. The van der Waals surface area contributed by atoms with E-state index in [1.807, 2.05) is 0 Å². The number of hydrogen-bond donors (Lipinski definition) is 1. The molecule has 0 amide bonds. The quantitative estimate of drug-likeness (QED) is 0.184. The fraction of sp³-hybridized carbons (Fsp3) is 0.600. The number of ether oxygens (including phenoxy) is 4. The molecule has 0 aliphatic heterocycles. The number of rotatable bonds is 15. The van der Waals surface area contributed by atoms with Gasteiger partial charge in [-0.15, -0.1) is 0 Å². The van der Waals surface area contributed by atoms with Crippen molar-refractivity contribution in [1.29, 1.82) is 0 Å². The van der Waals surface area contributed by atoms with E-state index in [0.29, 0.717) is 12.0 Å². The molecule has 0 aliphatic rings. The Morgan fingerprint density at radius 3 is 1.86 bits per heavy atom. The van der Waals surface area contributed by atoms with Gasteiger partial charge in [-0.25, -0.2) is 9.59 Å². The highest BCUT2D eigenvalue weighted by Crippen LogP contribution is 2.06. The van der Waals surface area contributed by atoms with Crippen LogP contribution in [0.15, 0.2) is 24.3 Å². The van der Waals surface area contributed by atoms with Crippen LogP contribution < -0.4 is 0 Å². The van der Waals surface area contributed by atoms with Gasteiger partial charge in [0.2, 0.25) is 0 Å². The largest absolute Gasteiger partial charge is 0.466 e. The van der Waals surface area contributed by atoms with E-state index < -0.39 is 36.6 Å². The van der Waals surface area contributed by atoms with Crippen molar-refractivity contribution in [2.75, 3.05) is 26.4 Å². The van der Waals surface area contributed by atoms with Gasteiger partial charge in [0.25, 0.3) is 0 Å². The summed E-state index contributed by atoms with van der Waals surface area (Å²) >= 11 is 0. The summed E-state index contributed by atoms with van der Waals surface area (Å²) in [5, 5.41) is 9.22. The van der Waals surface area contributed by atoms with Gasteiger partial charge in [0, 0.05) is 36.8 Å². The normalized spacial score (nSPS) is 11.1. The van der Waals surface area contributed by atoms with E-state index in [1.165, 1.54) is 13.8 Å².